The minimum Gasteiger partial charge on any atom is -0.482 e. The van der Waals surface area contributed by atoms with Gasteiger partial charge in [-0.2, -0.15) is 0 Å². The summed E-state index contributed by atoms with van der Waals surface area (Å²) in [6.07, 6.45) is 3.38. The molecule has 1 aromatic carbocycles. The number of ketones is 1. The molecule has 1 aromatic heterocycles. The average molecular weight is 241 g/mol. The molecule has 1 atom stereocenters. The van der Waals surface area contributed by atoms with Crippen molar-refractivity contribution in [3.63, 3.8) is 0 Å². The second-order valence-electron chi connectivity index (χ2n) is 3.93. The fourth-order valence-corrected chi connectivity index (χ4v) is 1.68. The standard InChI is InChI=1S/C15H15NO2/c1-2-14(18-13-8-4-3-5-9-13)15(17)12-7-6-10-16-11-12/h3-11,14H,2H2,1H3. The van der Waals surface area contributed by atoms with Crippen molar-refractivity contribution in [2.45, 2.75) is 19.4 Å². The fraction of sp³-hybridized carbons (Fsp3) is 0.200. The van der Waals surface area contributed by atoms with Gasteiger partial charge in [0.05, 0.1) is 0 Å². The summed E-state index contributed by atoms with van der Waals surface area (Å²) in [5, 5.41) is 0. The van der Waals surface area contributed by atoms with Crippen LogP contribution in [0.4, 0.5) is 0 Å². The second kappa shape index (κ2) is 5.96. The van der Waals surface area contributed by atoms with Crippen LogP contribution < -0.4 is 4.74 Å². The molecule has 1 heterocycles. The van der Waals surface area contributed by atoms with E-state index in [4.69, 9.17) is 4.74 Å². The molecule has 2 rings (SSSR count). The Labute approximate surface area is 106 Å². The van der Waals surface area contributed by atoms with E-state index in [1.165, 1.54) is 0 Å². The molecule has 0 amide bonds. The maximum Gasteiger partial charge on any atom is 0.204 e. The molecule has 0 bridgehead atoms. The second-order valence-corrected chi connectivity index (χ2v) is 3.93. The molecule has 92 valence electrons. The number of hydrogen-bond acceptors (Lipinski definition) is 3. The van der Waals surface area contributed by atoms with Gasteiger partial charge in [-0.3, -0.25) is 9.78 Å². The number of rotatable bonds is 5. The van der Waals surface area contributed by atoms with Crippen LogP contribution in [0, 0.1) is 0 Å². The van der Waals surface area contributed by atoms with Gasteiger partial charge in [-0.25, -0.2) is 0 Å². The van der Waals surface area contributed by atoms with Crippen LogP contribution in [0.1, 0.15) is 23.7 Å². The minimum atomic E-state index is -0.461. The first-order valence-electron chi connectivity index (χ1n) is 5.97. The van der Waals surface area contributed by atoms with Crippen LogP contribution in [0.5, 0.6) is 5.75 Å². The number of carbonyl (C=O) groups is 1. The molecule has 3 heteroatoms. The van der Waals surface area contributed by atoms with Crippen molar-refractivity contribution in [1.29, 1.82) is 0 Å². The van der Waals surface area contributed by atoms with Crippen molar-refractivity contribution in [2.75, 3.05) is 0 Å². The van der Waals surface area contributed by atoms with E-state index in [0.29, 0.717) is 17.7 Å². The van der Waals surface area contributed by atoms with E-state index in [-0.39, 0.29) is 5.78 Å². The molecule has 18 heavy (non-hydrogen) atoms. The number of carbonyl (C=O) groups excluding carboxylic acids is 1. The highest BCUT2D eigenvalue weighted by atomic mass is 16.5. The lowest BCUT2D eigenvalue weighted by Gasteiger charge is -2.16. The molecule has 0 aliphatic carbocycles. The Bertz CT molecular complexity index is 496. The number of hydrogen-bond donors (Lipinski definition) is 0. The number of Topliss-reactive ketones (excluding diaryl/α,β-unsaturated/α-hetero) is 1. The van der Waals surface area contributed by atoms with E-state index in [2.05, 4.69) is 4.98 Å². The van der Waals surface area contributed by atoms with E-state index < -0.39 is 6.10 Å². The zero-order valence-corrected chi connectivity index (χ0v) is 10.2. The van der Waals surface area contributed by atoms with E-state index >= 15 is 0 Å². The first-order valence-corrected chi connectivity index (χ1v) is 5.97. The number of ether oxygens (including phenoxy) is 1. The van der Waals surface area contributed by atoms with Gasteiger partial charge in [0.15, 0.2) is 6.10 Å². The molecule has 0 aliphatic rings. The van der Waals surface area contributed by atoms with Crippen LogP contribution in [0.2, 0.25) is 0 Å². The molecule has 0 N–H and O–H groups in total. The lowest BCUT2D eigenvalue weighted by Crippen LogP contribution is -2.26. The van der Waals surface area contributed by atoms with Gasteiger partial charge in [0.1, 0.15) is 5.75 Å². The number of para-hydroxylation sites is 1. The average Bonchev–Trinajstić information content (AvgIpc) is 2.46. The molecular formula is C15H15NO2. The Balaban J connectivity index is 2.12. The highest BCUT2D eigenvalue weighted by Gasteiger charge is 2.19. The highest BCUT2D eigenvalue weighted by molar-refractivity contribution is 5.99. The molecule has 0 saturated heterocycles. The van der Waals surface area contributed by atoms with Gasteiger partial charge < -0.3 is 4.74 Å². The predicted octanol–water partition coefficient (Wildman–Crippen LogP) is 3.12. The summed E-state index contributed by atoms with van der Waals surface area (Å²) >= 11 is 0. The predicted molar refractivity (Wildman–Crippen MR) is 69.7 cm³/mol. The van der Waals surface area contributed by atoms with Crippen molar-refractivity contribution < 1.29 is 9.53 Å². The van der Waals surface area contributed by atoms with Gasteiger partial charge in [0.2, 0.25) is 5.78 Å². The number of nitrogens with zero attached hydrogens (tertiary/aromatic N) is 1. The normalized spacial score (nSPS) is 11.8. The SMILES string of the molecule is CCC(Oc1ccccc1)C(=O)c1cccnc1. The first-order chi connectivity index (χ1) is 8.81. The van der Waals surface area contributed by atoms with Crippen LogP contribution in [0.15, 0.2) is 54.9 Å². The molecule has 3 nitrogen and oxygen atoms in total. The van der Waals surface area contributed by atoms with Crippen LogP contribution >= 0.6 is 0 Å². The van der Waals surface area contributed by atoms with Crippen molar-refractivity contribution in [2.24, 2.45) is 0 Å². The van der Waals surface area contributed by atoms with E-state index in [0.717, 1.165) is 0 Å². The monoisotopic (exact) mass is 241 g/mol. The van der Waals surface area contributed by atoms with Crippen LogP contribution in [-0.4, -0.2) is 16.9 Å². The smallest absolute Gasteiger partial charge is 0.204 e. The summed E-state index contributed by atoms with van der Waals surface area (Å²) < 4.78 is 5.70. The Hall–Kier alpha value is -2.16. The summed E-state index contributed by atoms with van der Waals surface area (Å²) in [6, 6.07) is 12.9. The molecule has 0 fully saturated rings. The zero-order valence-electron chi connectivity index (χ0n) is 10.2. The highest BCUT2D eigenvalue weighted by Crippen LogP contribution is 2.15. The maximum absolute atomic E-state index is 12.2. The van der Waals surface area contributed by atoms with Crippen LogP contribution in [0.25, 0.3) is 0 Å². The van der Waals surface area contributed by atoms with Crippen LogP contribution in [-0.2, 0) is 0 Å². The fourth-order valence-electron chi connectivity index (χ4n) is 1.68. The van der Waals surface area contributed by atoms with Crippen molar-refractivity contribution in [3.05, 3.63) is 60.4 Å². The summed E-state index contributed by atoms with van der Waals surface area (Å²) in [5.41, 5.74) is 0.584. The van der Waals surface area contributed by atoms with Gasteiger partial charge in [-0.05, 0) is 30.7 Å². The Morgan fingerprint density at radius 2 is 2.00 bits per heavy atom. The largest absolute Gasteiger partial charge is 0.482 e. The maximum atomic E-state index is 12.2. The lowest BCUT2D eigenvalue weighted by atomic mass is 10.1. The topological polar surface area (TPSA) is 39.2 Å². The van der Waals surface area contributed by atoms with E-state index in [1.54, 1.807) is 24.5 Å². The van der Waals surface area contributed by atoms with E-state index in [9.17, 15) is 4.79 Å². The van der Waals surface area contributed by atoms with Crippen LogP contribution in [0.3, 0.4) is 0 Å². The number of aromatic nitrogens is 1. The summed E-state index contributed by atoms with van der Waals surface area (Å²) in [7, 11) is 0. The third kappa shape index (κ3) is 2.94. The Kier molecular flexibility index (Phi) is 4.07. The number of benzene rings is 1. The minimum absolute atomic E-state index is 0.0329. The molecule has 0 aliphatic heterocycles. The van der Waals surface area contributed by atoms with Crippen molar-refractivity contribution in [3.8, 4) is 5.75 Å². The summed E-state index contributed by atoms with van der Waals surface area (Å²) in [5.74, 6) is 0.677. The summed E-state index contributed by atoms with van der Waals surface area (Å²) in [4.78, 5) is 16.2. The molecule has 2 aromatic rings. The Morgan fingerprint density at radius 1 is 1.22 bits per heavy atom. The summed E-state index contributed by atoms with van der Waals surface area (Å²) in [6.45, 7) is 1.93. The van der Waals surface area contributed by atoms with Gasteiger partial charge in [0, 0.05) is 18.0 Å². The van der Waals surface area contributed by atoms with Crippen molar-refractivity contribution >= 4 is 5.78 Å². The quantitative estimate of drug-likeness (QED) is 0.755. The van der Waals surface area contributed by atoms with E-state index in [1.807, 2.05) is 37.3 Å². The first kappa shape index (κ1) is 12.3. The molecule has 1 unspecified atom stereocenters. The third-order valence-electron chi connectivity index (χ3n) is 2.63. The molecule has 0 spiro atoms. The van der Waals surface area contributed by atoms with Crippen molar-refractivity contribution in [1.82, 2.24) is 4.98 Å². The molecule has 0 saturated carbocycles. The Morgan fingerprint density at radius 3 is 2.61 bits per heavy atom. The zero-order chi connectivity index (χ0) is 12.8. The van der Waals surface area contributed by atoms with Gasteiger partial charge in [-0.1, -0.05) is 25.1 Å². The third-order valence-corrected chi connectivity index (χ3v) is 2.63. The van der Waals surface area contributed by atoms with Gasteiger partial charge in [-0.15, -0.1) is 0 Å². The molecular weight excluding hydrogens is 226 g/mol. The van der Waals surface area contributed by atoms with Gasteiger partial charge >= 0.3 is 0 Å². The van der Waals surface area contributed by atoms with Gasteiger partial charge in [0.25, 0.3) is 0 Å². The number of pyridine rings is 1. The lowest BCUT2D eigenvalue weighted by molar-refractivity contribution is 0.0786. The molecule has 0 radical (unpaired) electrons.